The van der Waals surface area contributed by atoms with Gasteiger partial charge in [0.25, 0.3) is 0 Å². The van der Waals surface area contributed by atoms with Gasteiger partial charge in [0.05, 0.1) is 17.6 Å². The Labute approximate surface area is 85.8 Å². The second-order valence-corrected chi connectivity index (χ2v) is 3.23. The van der Waals surface area contributed by atoms with Gasteiger partial charge in [-0.1, -0.05) is 13.8 Å². The van der Waals surface area contributed by atoms with Crippen LogP contribution in [-0.4, -0.2) is 33.2 Å². The van der Waals surface area contributed by atoms with Gasteiger partial charge in [0.2, 0.25) is 0 Å². The summed E-state index contributed by atoms with van der Waals surface area (Å²) < 4.78 is 0. The van der Waals surface area contributed by atoms with Crippen molar-refractivity contribution in [3.63, 3.8) is 0 Å². The molecule has 0 bridgehead atoms. The van der Waals surface area contributed by atoms with E-state index in [-0.39, 0.29) is 5.57 Å². The van der Waals surface area contributed by atoms with Crippen LogP contribution in [0.15, 0.2) is 11.1 Å². The Balaban J connectivity index is 5.45. The average Bonchev–Trinajstić information content (AvgIpc) is 2.00. The molecule has 0 fully saturated rings. The monoisotopic (exact) mass is 216 g/mol. The zero-order chi connectivity index (χ0) is 12.2. The number of carboxylic acids is 3. The summed E-state index contributed by atoms with van der Waals surface area (Å²) >= 11 is 0. The highest BCUT2D eigenvalue weighted by Crippen LogP contribution is 2.18. The van der Waals surface area contributed by atoms with Gasteiger partial charge in [0, 0.05) is 0 Å². The average molecular weight is 216 g/mol. The zero-order valence-corrected chi connectivity index (χ0v) is 8.35. The van der Waals surface area contributed by atoms with E-state index in [1.807, 2.05) is 0 Å². The molecule has 0 saturated heterocycles. The molecule has 0 aromatic carbocycles. The maximum absolute atomic E-state index is 10.8. The molecule has 0 unspecified atom stereocenters. The van der Waals surface area contributed by atoms with Gasteiger partial charge in [-0.2, -0.15) is 0 Å². The predicted octanol–water partition coefficient (Wildman–Crippen LogP) is 0.583. The van der Waals surface area contributed by atoms with Crippen molar-refractivity contribution in [3.8, 4) is 0 Å². The van der Waals surface area contributed by atoms with Crippen molar-refractivity contribution >= 4 is 17.9 Å². The number of hydrogen-bond donors (Lipinski definition) is 3. The number of rotatable bonds is 5. The molecule has 3 N–H and O–H groups in total. The fraction of sp³-hybridized carbons (Fsp3) is 0.444. The quantitative estimate of drug-likeness (QED) is 0.579. The van der Waals surface area contributed by atoms with E-state index < -0.39 is 35.8 Å². The molecular weight excluding hydrogens is 204 g/mol. The molecule has 0 atom stereocenters. The van der Waals surface area contributed by atoms with Crippen molar-refractivity contribution in [2.24, 2.45) is 5.92 Å². The normalized spacial score (nSPS) is 12.2. The smallest absolute Gasteiger partial charge is 0.332 e. The first-order valence-corrected chi connectivity index (χ1v) is 4.18. The molecular formula is C9H12O6. The second kappa shape index (κ2) is 5.14. The highest BCUT2D eigenvalue weighted by molar-refractivity contribution is 6.01. The first-order chi connectivity index (χ1) is 6.77. The SMILES string of the molecule is CC(C)/C(C(=O)O)=C(/CC(=O)O)C(=O)O. The molecule has 15 heavy (non-hydrogen) atoms. The first-order valence-electron chi connectivity index (χ1n) is 4.18. The van der Waals surface area contributed by atoms with Crippen molar-refractivity contribution in [2.45, 2.75) is 20.3 Å². The van der Waals surface area contributed by atoms with E-state index in [4.69, 9.17) is 15.3 Å². The summed E-state index contributed by atoms with van der Waals surface area (Å²) in [6, 6.07) is 0. The molecule has 0 rings (SSSR count). The molecule has 84 valence electrons. The van der Waals surface area contributed by atoms with E-state index >= 15 is 0 Å². The van der Waals surface area contributed by atoms with Crippen LogP contribution in [0.2, 0.25) is 0 Å². The van der Waals surface area contributed by atoms with Crippen molar-refractivity contribution < 1.29 is 29.7 Å². The third kappa shape index (κ3) is 3.80. The van der Waals surface area contributed by atoms with Gasteiger partial charge in [0.1, 0.15) is 0 Å². The zero-order valence-electron chi connectivity index (χ0n) is 8.35. The maximum Gasteiger partial charge on any atom is 0.332 e. The number of aliphatic carboxylic acids is 3. The van der Waals surface area contributed by atoms with Crippen molar-refractivity contribution in [1.29, 1.82) is 0 Å². The topological polar surface area (TPSA) is 112 Å². The van der Waals surface area contributed by atoms with Crippen LogP contribution in [0.4, 0.5) is 0 Å². The molecule has 0 heterocycles. The first kappa shape index (κ1) is 13.2. The summed E-state index contributed by atoms with van der Waals surface area (Å²) in [6.45, 7) is 2.99. The van der Waals surface area contributed by atoms with Crippen molar-refractivity contribution in [3.05, 3.63) is 11.1 Å². The van der Waals surface area contributed by atoms with Gasteiger partial charge >= 0.3 is 17.9 Å². The number of carboxylic acid groups (broad SMARTS) is 3. The Bertz CT molecular complexity index is 325. The summed E-state index contributed by atoms with van der Waals surface area (Å²) in [6.07, 6.45) is -0.796. The molecule has 0 spiro atoms. The minimum Gasteiger partial charge on any atom is -0.481 e. The summed E-state index contributed by atoms with van der Waals surface area (Å²) in [5.74, 6) is -4.83. The predicted molar refractivity (Wildman–Crippen MR) is 49.4 cm³/mol. The van der Waals surface area contributed by atoms with Crippen molar-refractivity contribution in [1.82, 2.24) is 0 Å². The minimum absolute atomic E-state index is 0.370. The molecule has 0 aromatic heterocycles. The summed E-state index contributed by atoms with van der Waals surface area (Å²) in [5, 5.41) is 25.9. The fourth-order valence-electron chi connectivity index (χ4n) is 1.16. The molecule has 0 aliphatic rings. The van der Waals surface area contributed by atoms with E-state index in [9.17, 15) is 14.4 Å². The summed E-state index contributed by atoms with van der Waals surface area (Å²) in [5.41, 5.74) is -0.949. The highest BCUT2D eigenvalue weighted by atomic mass is 16.4. The molecule has 0 radical (unpaired) electrons. The van der Waals surface area contributed by atoms with Crippen LogP contribution in [-0.2, 0) is 14.4 Å². The van der Waals surface area contributed by atoms with E-state index in [1.165, 1.54) is 13.8 Å². The van der Waals surface area contributed by atoms with E-state index in [0.717, 1.165) is 0 Å². The Kier molecular flexibility index (Phi) is 4.50. The Morgan fingerprint density at radius 3 is 1.67 bits per heavy atom. The summed E-state index contributed by atoms with van der Waals surface area (Å²) in [4.78, 5) is 31.8. The minimum atomic E-state index is -1.51. The Hall–Kier alpha value is -1.85. The van der Waals surface area contributed by atoms with Gasteiger partial charge in [-0.05, 0) is 5.92 Å². The molecule has 6 heteroatoms. The lowest BCUT2D eigenvalue weighted by atomic mass is 9.95. The van der Waals surface area contributed by atoms with Crippen LogP contribution < -0.4 is 0 Å². The Morgan fingerprint density at radius 1 is 1.00 bits per heavy atom. The van der Waals surface area contributed by atoms with E-state index in [2.05, 4.69) is 0 Å². The standard InChI is InChI=1S/C9H12O6/c1-4(2)7(9(14)15)5(8(12)13)3-6(10)11/h4H,3H2,1-2H3,(H,10,11)(H,12,13)(H,14,15)/b7-5+. The molecule has 0 aliphatic carbocycles. The fourth-order valence-corrected chi connectivity index (χ4v) is 1.16. The Morgan fingerprint density at radius 2 is 1.47 bits per heavy atom. The van der Waals surface area contributed by atoms with E-state index in [1.54, 1.807) is 0 Å². The largest absolute Gasteiger partial charge is 0.481 e. The third-order valence-corrected chi connectivity index (χ3v) is 1.72. The van der Waals surface area contributed by atoms with E-state index in [0.29, 0.717) is 0 Å². The van der Waals surface area contributed by atoms with Crippen LogP contribution in [0.5, 0.6) is 0 Å². The number of carbonyl (C=O) groups is 3. The van der Waals surface area contributed by atoms with Crippen LogP contribution in [0, 0.1) is 5.92 Å². The highest BCUT2D eigenvalue weighted by Gasteiger charge is 2.24. The van der Waals surface area contributed by atoms with Crippen molar-refractivity contribution in [2.75, 3.05) is 0 Å². The molecule has 0 saturated carbocycles. The lowest BCUT2D eigenvalue weighted by molar-refractivity contribution is -0.140. The van der Waals surface area contributed by atoms with Crippen LogP contribution >= 0.6 is 0 Å². The van der Waals surface area contributed by atoms with Gasteiger partial charge in [0.15, 0.2) is 0 Å². The maximum atomic E-state index is 10.8. The number of hydrogen-bond acceptors (Lipinski definition) is 3. The molecule has 0 aromatic rings. The lowest BCUT2D eigenvalue weighted by Gasteiger charge is -2.10. The van der Waals surface area contributed by atoms with Crippen LogP contribution in [0.25, 0.3) is 0 Å². The van der Waals surface area contributed by atoms with Gasteiger partial charge in [-0.25, -0.2) is 9.59 Å². The summed E-state index contributed by atoms with van der Waals surface area (Å²) in [7, 11) is 0. The van der Waals surface area contributed by atoms with Crippen LogP contribution in [0.3, 0.4) is 0 Å². The molecule has 0 amide bonds. The molecule has 0 aliphatic heterocycles. The van der Waals surface area contributed by atoms with Gasteiger partial charge < -0.3 is 15.3 Å². The lowest BCUT2D eigenvalue weighted by Crippen LogP contribution is -2.17. The van der Waals surface area contributed by atoms with Crippen LogP contribution in [0.1, 0.15) is 20.3 Å². The third-order valence-electron chi connectivity index (χ3n) is 1.72. The van der Waals surface area contributed by atoms with Gasteiger partial charge in [-0.15, -0.1) is 0 Å². The second-order valence-electron chi connectivity index (χ2n) is 3.23. The van der Waals surface area contributed by atoms with Gasteiger partial charge in [-0.3, -0.25) is 4.79 Å². The molecule has 6 nitrogen and oxygen atoms in total.